The second-order valence-electron chi connectivity index (χ2n) is 8.11. The molecule has 3 aromatic carbocycles. The summed E-state index contributed by atoms with van der Waals surface area (Å²) < 4.78 is 11.1. The van der Waals surface area contributed by atoms with E-state index < -0.39 is 17.6 Å². The number of nitrogens with zero attached hydrogens (tertiary/aromatic N) is 1. The quantitative estimate of drug-likeness (QED) is 0.452. The van der Waals surface area contributed by atoms with Crippen LogP contribution in [0.1, 0.15) is 22.8 Å². The van der Waals surface area contributed by atoms with Gasteiger partial charge in [0.2, 0.25) is 0 Å². The first kappa shape index (κ1) is 21.5. The number of para-hydroxylation sites is 1. The first-order valence-corrected chi connectivity index (χ1v) is 11.0. The molecule has 0 fully saturated rings. The summed E-state index contributed by atoms with van der Waals surface area (Å²) in [5, 5.41) is 3.39. The van der Waals surface area contributed by atoms with Crippen LogP contribution in [-0.2, 0) is 11.2 Å². The molecule has 7 nitrogen and oxygen atoms in total. The highest BCUT2D eigenvalue weighted by molar-refractivity contribution is 6.06. The van der Waals surface area contributed by atoms with Crippen molar-refractivity contribution in [2.75, 3.05) is 16.8 Å². The van der Waals surface area contributed by atoms with Gasteiger partial charge in [-0.2, -0.15) is 0 Å². The van der Waals surface area contributed by atoms with Crippen LogP contribution in [0.15, 0.2) is 88.1 Å². The van der Waals surface area contributed by atoms with Crippen LogP contribution in [0.25, 0.3) is 11.0 Å². The van der Waals surface area contributed by atoms with Crippen LogP contribution >= 0.6 is 0 Å². The molecule has 1 aliphatic rings. The normalized spacial score (nSPS) is 15.0. The van der Waals surface area contributed by atoms with E-state index in [0.717, 1.165) is 5.56 Å². The highest BCUT2D eigenvalue weighted by Gasteiger charge is 2.31. The Morgan fingerprint density at radius 3 is 2.56 bits per heavy atom. The maximum atomic E-state index is 12.8. The van der Waals surface area contributed by atoms with Crippen LogP contribution in [0.5, 0.6) is 5.75 Å². The van der Waals surface area contributed by atoms with Crippen molar-refractivity contribution in [1.82, 2.24) is 0 Å². The van der Waals surface area contributed by atoms with Crippen molar-refractivity contribution in [3.8, 4) is 5.75 Å². The van der Waals surface area contributed by atoms with Gasteiger partial charge in [-0.3, -0.25) is 9.59 Å². The molecule has 1 unspecified atom stereocenters. The van der Waals surface area contributed by atoms with Gasteiger partial charge in [-0.25, -0.2) is 4.79 Å². The molecule has 1 atom stereocenters. The Morgan fingerprint density at radius 1 is 0.971 bits per heavy atom. The number of hydrogen-bond donors (Lipinski definition) is 1. The topological polar surface area (TPSA) is 88.8 Å². The van der Waals surface area contributed by atoms with Crippen LogP contribution < -0.4 is 20.6 Å². The van der Waals surface area contributed by atoms with E-state index in [9.17, 15) is 14.4 Å². The summed E-state index contributed by atoms with van der Waals surface area (Å²) in [7, 11) is 0. The smallest absolute Gasteiger partial charge is 0.349 e. The first-order chi connectivity index (χ1) is 16.5. The lowest BCUT2D eigenvalue weighted by atomic mass is 10.1. The maximum Gasteiger partial charge on any atom is 0.349 e. The van der Waals surface area contributed by atoms with E-state index in [-0.39, 0.29) is 11.5 Å². The van der Waals surface area contributed by atoms with E-state index in [1.807, 2.05) is 30.3 Å². The molecule has 1 N–H and O–H groups in total. The predicted octanol–water partition coefficient (Wildman–Crippen LogP) is 4.40. The minimum Gasteiger partial charge on any atom is -0.479 e. The fourth-order valence-electron chi connectivity index (χ4n) is 4.02. The van der Waals surface area contributed by atoms with Gasteiger partial charge in [0.05, 0.1) is 5.69 Å². The van der Waals surface area contributed by atoms with Gasteiger partial charge in [0, 0.05) is 23.7 Å². The van der Waals surface area contributed by atoms with Crippen LogP contribution in [0, 0.1) is 0 Å². The lowest BCUT2D eigenvalue weighted by Crippen LogP contribution is -2.45. The molecule has 34 heavy (non-hydrogen) atoms. The molecule has 0 spiro atoms. The van der Waals surface area contributed by atoms with E-state index in [1.165, 1.54) is 6.07 Å². The molecule has 0 saturated carbocycles. The standard InChI is InChI=1S/C27H22N2O5/c1-17-26(31)29(14-13-18-7-3-2-4-8-18)22-12-11-20(16-24(22)33-17)28-25(30)21-15-19-9-5-6-10-23(19)34-27(21)32/h2-12,15-17H,13-14H2,1H3,(H,28,30). The monoisotopic (exact) mass is 454 g/mol. The molecule has 4 aromatic rings. The number of carbonyl (C=O) groups is 2. The Hall–Kier alpha value is -4.39. The van der Waals surface area contributed by atoms with E-state index in [2.05, 4.69) is 5.32 Å². The largest absolute Gasteiger partial charge is 0.479 e. The Labute approximate surface area is 195 Å². The lowest BCUT2D eigenvalue weighted by Gasteiger charge is -2.33. The fourth-order valence-corrected chi connectivity index (χ4v) is 4.02. The first-order valence-electron chi connectivity index (χ1n) is 11.0. The average Bonchev–Trinajstić information content (AvgIpc) is 2.84. The molecule has 0 saturated heterocycles. The number of rotatable bonds is 5. The number of nitrogens with one attached hydrogen (secondary N) is 1. The van der Waals surface area contributed by atoms with Crippen molar-refractivity contribution < 1.29 is 18.7 Å². The van der Waals surface area contributed by atoms with Gasteiger partial charge < -0.3 is 19.4 Å². The lowest BCUT2D eigenvalue weighted by molar-refractivity contribution is -0.125. The van der Waals surface area contributed by atoms with Crippen LogP contribution in [-0.4, -0.2) is 24.5 Å². The summed E-state index contributed by atoms with van der Waals surface area (Å²) in [5.74, 6) is -0.210. The van der Waals surface area contributed by atoms with Crippen molar-refractivity contribution in [1.29, 1.82) is 0 Å². The molecular weight excluding hydrogens is 432 g/mol. The Kier molecular flexibility index (Phi) is 5.59. The van der Waals surface area contributed by atoms with Gasteiger partial charge >= 0.3 is 5.63 Å². The van der Waals surface area contributed by atoms with Crippen LogP contribution in [0.4, 0.5) is 11.4 Å². The summed E-state index contributed by atoms with van der Waals surface area (Å²) in [6.07, 6.45) is 0.0522. The van der Waals surface area contributed by atoms with E-state index in [1.54, 1.807) is 54.3 Å². The van der Waals surface area contributed by atoms with E-state index in [4.69, 9.17) is 9.15 Å². The minimum atomic E-state index is -0.711. The summed E-state index contributed by atoms with van der Waals surface area (Å²) in [6.45, 7) is 2.21. The van der Waals surface area contributed by atoms with Gasteiger partial charge in [-0.15, -0.1) is 0 Å². The number of carbonyl (C=O) groups excluding carboxylic acids is 2. The third-order valence-electron chi connectivity index (χ3n) is 5.78. The number of anilines is 2. The van der Waals surface area contributed by atoms with Crippen molar-refractivity contribution in [3.05, 3.63) is 100 Å². The van der Waals surface area contributed by atoms with Crippen molar-refractivity contribution in [3.63, 3.8) is 0 Å². The highest BCUT2D eigenvalue weighted by atomic mass is 16.5. The predicted molar refractivity (Wildman–Crippen MR) is 129 cm³/mol. The summed E-state index contributed by atoms with van der Waals surface area (Å²) >= 11 is 0. The van der Waals surface area contributed by atoms with Crippen molar-refractivity contribution in [2.24, 2.45) is 0 Å². The number of fused-ring (bicyclic) bond motifs is 2. The molecule has 0 radical (unpaired) electrons. The van der Waals surface area contributed by atoms with Crippen LogP contribution in [0.2, 0.25) is 0 Å². The third-order valence-corrected chi connectivity index (χ3v) is 5.78. The molecule has 1 aromatic heterocycles. The van der Waals surface area contributed by atoms with Crippen molar-refractivity contribution >= 4 is 34.2 Å². The second kappa shape index (κ2) is 8.86. The molecule has 5 rings (SSSR count). The molecule has 0 aliphatic carbocycles. The van der Waals surface area contributed by atoms with Gasteiger partial charge in [0.25, 0.3) is 11.8 Å². The van der Waals surface area contributed by atoms with E-state index >= 15 is 0 Å². The molecule has 170 valence electrons. The number of ether oxygens (including phenoxy) is 1. The van der Waals surface area contributed by atoms with E-state index in [0.29, 0.717) is 41.1 Å². The number of benzene rings is 3. The second-order valence-corrected chi connectivity index (χ2v) is 8.11. The molecule has 2 amide bonds. The maximum absolute atomic E-state index is 12.8. The summed E-state index contributed by atoms with van der Waals surface area (Å²) in [6, 6.07) is 23.5. The number of amides is 2. The highest BCUT2D eigenvalue weighted by Crippen LogP contribution is 2.36. The Balaban J connectivity index is 1.38. The van der Waals surface area contributed by atoms with Gasteiger partial charge in [0.15, 0.2) is 6.10 Å². The van der Waals surface area contributed by atoms with Crippen LogP contribution in [0.3, 0.4) is 0 Å². The molecule has 7 heteroatoms. The minimum absolute atomic E-state index is 0.0922. The summed E-state index contributed by atoms with van der Waals surface area (Å²) in [5.41, 5.74) is 1.83. The molecule has 0 bridgehead atoms. The zero-order chi connectivity index (χ0) is 23.7. The Morgan fingerprint density at radius 2 is 1.74 bits per heavy atom. The fraction of sp³-hybridized carbons (Fsp3) is 0.148. The SMILES string of the molecule is CC1Oc2cc(NC(=O)c3cc4ccccc4oc3=O)ccc2N(CCc2ccccc2)C1=O. The zero-order valence-corrected chi connectivity index (χ0v) is 18.5. The van der Waals surface area contributed by atoms with Crippen molar-refractivity contribution in [2.45, 2.75) is 19.4 Å². The summed E-state index contributed by atoms with van der Waals surface area (Å²) in [4.78, 5) is 39.6. The zero-order valence-electron chi connectivity index (χ0n) is 18.5. The Bertz CT molecular complexity index is 1440. The van der Waals surface area contributed by atoms with Gasteiger partial charge in [-0.1, -0.05) is 48.5 Å². The molecule has 1 aliphatic heterocycles. The van der Waals surface area contributed by atoms with Gasteiger partial charge in [-0.05, 0) is 43.2 Å². The van der Waals surface area contributed by atoms with Gasteiger partial charge in [0.1, 0.15) is 16.9 Å². The average molecular weight is 454 g/mol. The third kappa shape index (κ3) is 4.15. The number of hydrogen-bond acceptors (Lipinski definition) is 5. The molecule has 2 heterocycles. The molecular formula is C27H22N2O5.